The fourth-order valence-electron chi connectivity index (χ4n) is 8.22. The standard InChI is InChI=1S/C40H32Si2/c1-41(2)35-12-8-7-11-33(35)39-31-20-22-37-40(32(31)19-21-36(39)41)34-18-16-27(24-38(34)42(37,3)4)26-15-17-30-28(23-26)14-13-25-9-5-6-10-29(25)30/h5-24H,1-4H3. The van der Waals surface area contributed by atoms with Crippen LogP contribution in [-0.4, -0.2) is 16.1 Å². The van der Waals surface area contributed by atoms with Gasteiger partial charge in [-0.15, -0.1) is 0 Å². The van der Waals surface area contributed by atoms with Gasteiger partial charge in [-0.05, 0) is 92.5 Å². The highest BCUT2D eigenvalue weighted by Crippen LogP contribution is 2.41. The Labute approximate surface area is 249 Å². The third-order valence-electron chi connectivity index (χ3n) is 10.5. The van der Waals surface area contributed by atoms with Crippen LogP contribution in [0.1, 0.15) is 0 Å². The van der Waals surface area contributed by atoms with Gasteiger partial charge in [-0.2, -0.15) is 0 Å². The van der Waals surface area contributed by atoms with Crippen LogP contribution in [0.15, 0.2) is 121 Å². The van der Waals surface area contributed by atoms with E-state index in [0.717, 1.165) is 0 Å². The Morgan fingerprint density at radius 3 is 1.69 bits per heavy atom. The third-order valence-corrected chi connectivity index (χ3v) is 17.5. The van der Waals surface area contributed by atoms with E-state index in [1.54, 1.807) is 20.7 Å². The Kier molecular flexibility index (Phi) is 4.75. The van der Waals surface area contributed by atoms with Gasteiger partial charge in [0.15, 0.2) is 0 Å². The molecule has 0 aliphatic carbocycles. The minimum Gasteiger partial charge on any atom is -0.0623 e. The molecule has 0 fully saturated rings. The first-order valence-electron chi connectivity index (χ1n) is 15.1. The molecule has 42 heavy (non-hydrogen) atoms. The molecule has 0 aromatic heterocycles. The predicted molar refractivity (Wildman–Crippen MR) is 189 cm³/mol. The zero-order valence-electron chi connectivity index (χ0n) is 24.5. The lowest BCUT2D eigenvalue weighted by atomic mass is 9.92. The van der Waals surface area contributed by atoms with Gasteiger partial charge in [-0.25, -0.2) is 0 Å². The van der Waals surface area contributed by atoms with Gasteiger partial charge in [-0.1, -0.05) is 141 Å². The van der Waals surface area contributed by atoms with Crippen LogP contribution >= 0.6 is 0 Å². The highest BCUT2D eigenvalue weighted by atomic mass is 28.3. The van der Waals surface area contributed by atoms with Crippen LogP contribution in [0.3, 0.4) is 0 Å². The molecule has 0 unspecified atom stereocenters. The Morgan fingerprint density at radius 2 is 0.905 bits per heavy atom. The maximum Gasteiger partial charge on any atom is 0.113 e. The molecule has 9 rings (SSSR count). The summed E-state index contributed by atoms with van der Waals surface area (Å²) in [5.74, 6) is 0. The lowest BCUT2D eigenvalue weighted by Gasteiger charge is -2.21. The van der Waals surface area contributed by atoms with Crippen molar-refractivity contribution in [3.8, 4) is 33.4 Å². The fraction of sp³-hybridized carbons (Fsp3) is 0.100. The van der Waals surface area contributed by atoms with Crippen LogP contribution in [0.4, 0.5) is 0 Å². The van der Waals surface area contributed by atoms with E-state index in [1.807, 2.05) is 0 Å². The van der Waals surface area contributed by atoms with Crippen LogP contribution in [-0.2, 0) is 0 Å². The summed E-state index contributed by atoms with van der Waals surface area (Å²) >= 11 is 0. The highest BCUT2D eigenvalue weighted by molar-refractivity contribution is 7.05. The lowest BCUT2D eigenvalue weighted by molar-refractivity contribution is 1.66. The summed E-state index contributed by atoms with van der Waals surface area (Å²) in [7, 11) is -3.57. The van der Waals surface area contributed by atoms with Crippen molar-refractivity contribution in [3.05, 3.63) is 121 Å². The zero-order chi connectivity index (χ0) is 28.4. The zero-order valence-corrected chi connectivity index (χ0v) is 26.5. The van der Waals surface area contributed by atoms with Crippen LogP contribution in [0.5, 0.6) is 0 Å². The minimum absolute atomic E-state index is 1.30. The second kappa shape index (κ2) is 8.19. The Morgan fingerprint density at radius 1 is 0.357 bits per heavy atom. The second-order valence-electron chi connectivity index (χ2n) is 13.3. The van der Waals surface area contributed by atoms with E-state index in [-0.39, 0.29) is 0 Å². The van der Waals surface area contributed by atoms with Crippen molar-refractivity contribution < 1.29 is 0 Å². The van der Waals surface area contributed by atoms with Gasteiger partial charge in [0.05, 0.1) is 0 Å². The molecule has 0 bridgehead atoms. The van der Waals surface area contributed by atoms with Gasteiger partial charge in [-0.3, -0.25) is 0 Å². The summed E-state index contributed by atoms with van der Waals surface area (Å²) < 4.78 is 0. The molecule has 2 aliphatic rings. The summed E-state index contributed by atoms with van der Waals surface area (Å²) in [4.78, 5) is 0. The average Bonchev–Trinajstić information content (AvgIpc) is 3.40. The molecular formula is C40H32Si2. The van der Waals surface area contributed by atoms with E-state index < -0.39 is 16.1 Å². The SMILES string of the molecule is C[Si]1(C)c2ccccc2-c2c1ccc1c3c(ccc21)[Si](C)(C)c1cc(-c2ccc4c(ccc5ccccc54)c2)ccc1-3. The molecule has 0 radical (unpaired) electrons. The van der Waals surface area contributed by atoms with Gasteiger partial charge in [0.25, 0.3) is 0 Å². The molecule has 0 amide bonds. The molecule has 2 aliphatic heterocycles. The van der Waals surface area contributed by atoms with Crippen molar-refractivity contribution in [2.24, 2.45) is 0 Å². The summed E-state index contributed by atoms with van der Waals surface area (Å²) in [6.45, 7) is 10.1. The predicted octanol–water partition coefficient (Wildman–Crippen LogP) is 8.42. The third kappa shape index (κ3) is 3.06. The molecule has 0 nitrogen and oxygen atoms in total. The molecule has 0 N–H and O–H groups in total. The van der Waals surface area contributed by atoms with E-state index in [0.29, 0.717) is 0 Å². The minimum atomic E-state index is -1.87. The van der Waals surface area contributed by atoms with Gasteiger partial charge in [0.1, 0.15) is 16.1 Å². The van der Waals surface area contributed by atoms with Crippen molar-refractivity contribution in [2.45, 2.75) is 26.2 Å². The maximum absolute atomic E-state index is 2.54. The number of benzene rings is 7. The molecule has 200 valence electrons. The summed E-state index contributed by atoms with van der Waals surface area (Å²) in [6, 6.07) is 46.6. The molecule has 7 aromatic rings. The molecule has 7 aromatic carbocycles. The van der Waals surface area contributed by atoms with Crippen molar-refractivity contribution >= 4 is 69.2 Å². The van der Waals surface area contributed by atoms with Crippen molar-refractivity contribution in [1.82, 2.24) is 0 Å². The second-order valence-corrected chi connectivity index (χ2v) is 22.0. The largest absolute Gasteiger partial charge is 0.113 e. The number of fused-ring (bicyclic) bond motifs is 12. The van der Waals surface area contributed by atoms with E-state index in [4.69, 9.17) is 0 Å². The smallest absolute Gasteiger partial charge is 0.0623 e. The first-order valence-corrected chi connectivity index (χ1v) is 21.1. The summed E-state index contributed by atoms with van der Waals surface area (Å²) in [6.07, 6.45) is 0. The first-order chi connectivity index (χ1) is 20.3. The van der Waals surface area contributed by atoms with E-state index >= 15 is 0 Å². The fourth-order valence-corrected chi connectivity index (χ4v) is 14.4. The molecular weight excluding hydrogens is 537 g/mol. The average molecular weight is 569 g/mol. The van der Waals surface area contributed by atoms with Crippen LogP contribution in [0.2, 0.25) is 26.2 Å². The van der Waals surface area contributed by atoms with E-state index in [9.17, 15) is 0 Å². The maximum atomic E-state index is 2.54. The topological polar surface area (TPSA) is 0 Å². The van der Waals surface area contributed by atoms with Gasteiger partial charge < -0.3 is 0 Å². The van der Waals surface area contributed by atoms with Gasteiger partial charge in [0.2, 0.25) is 0 Å². The molecule has 0 saturated heterocycles. The Balaban J connectivity index is 1.23. The molecule has 0 spiro atoms. The monoisotopic (exact) mass is 568 g/mol. The van der Waals surface area contributed by atoms with E-state index in [1.165, 1.54) is 65.7 Å². The Bertz CT molecular complexity index is 2300. The van der Waals surface area contributed by atoms with Crippen LogP contribution in [0, 0.1) is 0 Å². The van der Waals surface area contributed by atoms with Crippen molar-refractivity contribution in [3.63, 3.8) is 0 Å². The molecule has 2 heteroatoms. The summed E-state index contributed by atoms with van der Waals surface area (Å²) in [5, 5.41) is 14.4. The van der Waals surface area contributed by atoms with Crippen LogP contribution in [0.25, 0.3) is 65.7 Å². The first kappa shape index (κ1) is 24.4. The molecule has 0 atom stereocenters. The Hall–Kier alpha value is -4.25. The van der Waals surface area contributed by atoms with Crippen molar-refractivity contribution in [2.75, 3.05) is 0 Å². The number of rotatable bonds is 1. The summed E-state index contributed by atoms with van der Waals surface area (Å²) in [5.41, 5.74) is 8.52. The van der Waals surface area contributed by atoms with Crippen molar-refractivity contribution in [1.29, 1.82) is 0 Å². The normalized spacial score (nSPS) is 15.5. The number of hydrogen-bond acceptors (Lipinski definition) is 0. The van der Waals surface area contributed by atoms with Gasteiger partial charge in [0, 0.05) is 0 Å². The highest BCUT2D eigenvalue weighted by Gasteiger charge is 2.41. The van der Waals surface area contributed by atoms with Crippen LogP contribution < -0.4 is 20.7 Å². The van der Waals surface area contributed by atoms with Gasteiger partial charge >= 0.3 is 0 Å². The molecule has 2 heterocycles. The quantitative estimate of drug-likeness (QED) is 0.138. The number of hydrogen-bond donors (Lipinski definition) is 0. The van der Waals surface area contributed by atoms with E-state index in [2.05, 4.69) is 148 Å². The lowest BCUT2D eigenvalue weighted by Crippen LogP contribution is -2.49. The molecule has 0 saturated carbocycles.